The third-order valence-electron chi connectivity index (χ3n) is 4.87. The monoisotopic (exact) mass is 500 g/mol. The molecule has 8 nitrogen and oxygen atoms in total. The highest BCUT2D eigenvalue weighted by Crippen LogP contribution is 2.35. The Hall–Kier alpha value is -3.62. The van der Waals surface area contributed by atoms with Gasteiger partial charge in [-0.25, -0.2) is 19.1 Å². The van der Waals surface area contributed by atoms with Crippen LogP contribution in [-0.2, 0) is 9.47 Å². The van der Waals surface area contributed by atoms with Crippen molar-refractivity contribution in [3.8, 4) is 16.9 Å². The predicted molar refractivity (Wildman–Crippen MR) is 127 cm³/mol. The minimum atomic E-state index is -0.877. The second kappa shape index (κ2) is 9.70. The van der Waals surface area contributed by atoms with Gasteiger partial charge in [0.15, 0.2) is 5.69 Å². The molecule has 0 spiro atoms. The van der Waals surface area contributed by atoms with Gasteiger partial charge in [-0.15, -0.1) is 0 Å². The summed E-state index contributed by atoms with van der Waals surface area (Å²) in [6, 6.07) is 13.1. The predicted octanol–water partition coefficient (Wildman–Crippen LogP) is 5.31. The summed E-state index contributed by atoms with van der Waals surface area (Å²) in [6.07, 6.45) is 0. The summed E-state index contributed by atoms with van der Waals surface area (Å²) < 4.78 is 17.0. The molecular weight excluding hydrogens is 483 g/mol. The smallest absolute Gasteiger partial charge is 0.357 e. The summed E-state index contributed by atoms with van der Waals surface area (Å²) in [4.78, 5) is 39.1. The molecular formula is C24H18Cl2N2O6. The number of halogens is 2. The Bertz CT molecular complexity index is 1470. The molecule has 0 aliphatic carbocycles. The van der Waals surface area contributed by atoms with Crippen LogP contribution in [0.1, 0.15) is 34.7 Å². The number of hydrogen-bond acceptors (Lipinski definition) is 7. The molecule has 0 aliphatic heterocycles. The molecule has 2 aromatic heterocycles. The van der Waals surface area contributed by atoms with Gasteiger partial charge in [-0.2, -0.15) is 5.10 Å². The molecule has 4 aromatic rings. The van der Waals surface area contributed by atoms with Crippen molar-refractivity contribution >= 4 is 46.1 Å². The van der Waals surface area contributed by atoms with Gasteiger partial charge in [-0.1, -0.05) is 41.4 Å². The summed E-state index contributed by atoms with van der Waals surface area (Å²) >= 11 is 12.8. The molecule has 0 fully saturated rings. The molecule has 0 saturated carbocycles. The summed E-state index contributed by atoms with van der Waals surface area (Å²) in [5, 5.41) is 5.26. The first-order valence-corrected chi connectivity index (χ1v) is 11.1. The number of benzene rings is 2. The minimum Gasteiger partial charge on any atom is -0.462 e. The average Bonchev–Trinajstić information content (AvgIpc) is 3.20. The molecule has 0 atom stereocenters. The van der Waals surface area contributed by atoms with Crippen molar-refractivity contribution in [2.24, 2.45) is 0 Å². The zero-order chi connectivity index (χ0) is 24.4. The lowest BCUT2D eigenvalue weighted by molar-refractivity contribution is 0.0473. The fourth-order valence-electron chi connectivity index (χ4n) is 3.49. The van der Waals surface area contributed by atoms with Crippen molar-refractivity contribution in [2.75, 3.05) is 13.2 Å². The van der Waals surface area contributed by atoms with E-state index in [-0.39, 0.29) is 46.3 Å². The molecule has 4 rings (SSSR count). The van der Waals surface area contributed by atoms with Crippen molar-refractivity contribution < 1.29 is 23.5 Å². The van der Waals surface area contributed by atoms with E-state index in [1.807, 2.05) is 0 Å². The molecule has 174 valence electrons. The Morgan fingerprint density at radius 2 is 1.71 bits per heavy atom. The van der Waals surface area contributed by atoms with E-state index in [4.69, 9.17) is 37.1 Å². The van der Waals surface area contributed by atoms with Crippen LogP contribution in [0.3, 0.4) is 0 Å². The van der Waals surface area contributed by atoms with Gasteiger partial charge < -0.3 is 13.9 Å². The zero-order valence-electron chi connectivity index (χ0n) is 18.1. The first-order chi connectivity index (χ1) is 16.4. The molecule has 0 saturated heterocycles. The van der Waals surface area contributed by atoms with Crippen molar-refractivity contribution in [1.29, 1.82) is 0 Å². The Morgan fingerprint density at radius 3 is 2.41 bits per heavy atom. The van der Waals surface area contributed by atoms with Gasteiger partial charge in [0, 0.05) is 10.4 Å². The fourth-order valence-corrected chi connectivity index (χ4v) is 3.99. The number of nitrogens with zero attached hydrogens (tertiary/aromatic N) is 2. The van der Waals surface area contributed by atoms with Crippen molar-refractivity contribution in [3.63, 3.8) is 0 Å². The number of para-hydroxylation sites is 1. The Labute approximate surface area is 203 Å². The molecule has 0 unspecified atom stereocenters. The number of aromatic nitrogens is 2. The summed E-state index contributed by atoms with van der Waals surface area (Å²) in [7, 11) is 0. The molecule has 0 aliphatic rings. The highest BCUT2D eigenvalue weighted by molar-refractivity contribution is 6.38. The third kappa shape index (κ3) is 4.18. The van der Waals surface area contributed by atoms with E-state index in [0.717, 1.165) is 0 Å². The van der Waals surface area contributed by atoms with Crippen molar-refractivity contribution in [3.05, 3.63) is 80.3 Å². The van der Waals surface area contributed by atoms with Crippen LogP contribution in [-0.4, -0.2) is 34.9 Å². The maximum absolute atomic E-state index is 13.1. The van der Waals surface area contributed by atoms with Crippen molar-refractivity contribution in [1.82, 2.24) is 9.78 Å². The normalized spacial score (nSPS) is 10.9. The third-order valence-corrected chi connectivity index (χ3v) is 5.50. The van der Waals surface area contributed by atoms with E-state index >= 15 is 0 Å². The zero-order valence-corrected chi connectivity index (χ0v) is 19.6. The summed E-state index contributed by atoms with van der Waals surface area (Å²) in [5.41, 5.74) is -1.08. The Kier molecular flexibility index (Phi) is 6.72. The maximum Gasteiger partial charge on any atom is 0.357 e. The number of esters is 2. The van der Waals surface area contributed by atoms with Crippen LogP contribution in [0.15, 0.2) is 57.7 Å². The summed E-state index contributed by atoms with van der Waals surface area (Å²) in [5.74, 6) is -1.72. The second-order valence-corrected chi connectivity index (χ2v) is 7.79. The maximum atomic E-state index is 13.1. The lowest BCUT2D eigenvalue weighted by atomic mass is 10.1. The highest BCUT2D eigenvalue weighted by Gasteiger charge is 2.34. The van der Waals surface area contributed by atoms with Crippen LogP contribution >= 0.6 is 23.2 Å². The first kappa shape index (κ1) is 23.5. The largest absolute Gasteiger partial charge is 0.462 e. The number of ether oxygens (including phenoxy) is 2. The molecule has 0 radical (unpaired) electrons. The van der Waals surface area contributed by atoms with Gasteiger partial charge in [0.2, 0.25) is 0 Å². The van der Waals surface area contributed by atoms with Gasteiger partial charge in [-0.05, 0) is 44.2 Å². The molecule has 10 heteroatoms. The summed E-state index contributed by atoms with van der Waals surface area (Å²) in [6.45, 7) is 3.29. The van der Waals surface area contributed by atoms with Crippen molar-refractivity contribution in [2.45, 2.75) is 13.8 Å². The van der Waals surface area contributed by atoms with E-state index in [9.17, 15) is 14.4 Å². The van der Waals surface area contributed by atoms with E-state index in [0.29, 0.717) is 16.1 Å². The lowest BCUT2D eigenvalue weighted by Crippen LogP contribution is -2.17. The van der Waals surface area contributed by atoms with E-state index in [1.165, 1.54) is 4.68 Å². The Morgan fingerprint density at radius 1 is 1.00 bits per heavy atom. The lowest BCUT2D eigenvalue weighted by Gasteiger charge is -2.09. The number of fused-ring (bicyclic) bond motifs is 1. The standard InChI is InChI=1S/C24H18Cl2N2O6/c1-3-32-22(29)18-20(17-19(26)15-10-5-6-11-16(15)34-23(17)30)27-28(21(18)24(31)33-4-2)14-9-7-8-13(25)12-14/h5-12H,3-4H2,1-2H3. The van der Waals surface area contributed by atoms with Gasteiger partial charge in [0.25, 0.3) is 0 Å². The molecule has 0 N–H and O–H groups in total. The van der Waals surface area contributed by atoms with Crippen LogP contribution in [0.2, 0.25) is 10.0 Å². The molecule has 0 bridgehead atoms. The van der Waals surface area contributed by atoms with Crippen LogP contribution in [0.5, 0.6) is 0 Å². The second-order valence-electron chi connectivity index (χ2n) is 6.98. The topological polar surface area (TPSA) is 101 Å². The van der Waals surface area contributed by atoms with E-state index in [2.05, 4.69) is 5.10 Å². The van der Waals surface area contributed by atoms with Gasteiger partial charge >= 0.3 is 17.6 Å². The van der Waals surface area contributed by atoms with Gasteiger partial charge in [-0.3, -0.25) is 0 Å². The van der Waals surface area contributed by atoms with E-state index in [1.54, 1.807) is 62.4 Å². The van der Waals surface area contributed by atoms with Gasteiger partial charge in [0.05, 0.1) is 23.9 Å². The van der Waals surface area contributed by atoms with Crippen LogP contribution in [0.25, 0.3) is 27.9 Å². The molecule has 2 heterocycles. The van der Waals surface area contributed by atoms with E-state index < -0.39 is 17.6 Å². The van der Waals surface area contributed by atoms with Gasteiger partial charge in [0.1, 0.15) is 22.4 Å². The number of carbonyl (C=O) groups excluding carboxylic acids is 2. The minimum absolute atomic E-state index is 0.0168. The molecule has 34 heavy (non-hydrogen) atoms. The highest BCUT2D eigenvalue weighted by atomic mass is 35.5. The Balaban J connectivity index is 2.12. The quantitative estimate of drug-likeness (QED) is 0.261. The molecule has 0 amide bonds. The molecule has 2 aromatic carbocycles. The van der Waals surface area contributed by atoms with Crippen LogP contribution in [0.4, 0.5) is 0 Å². The average molecular weight is 501 g/mol. The SMILES string of the molecule is CCOC(=O)c1c(-c2c(Cl)c3ccccc3oc2=O)nn(-c2cccc(Cl)c2)c1C(=O)OCC. The fraction of sp³-hybridized carbons (Fsp3) is 0.167. The van der Waals surface area contributed by atoms with Crippen LogP contribution < -0.4 is 5.63 Å². The van der Waals surface area contributed by atoms with Crippen LogP contribution in [0, 0.1) is 0 Å². The number of carbonyl (C=O) groups is 2. The number of rotatable bonds is 6. The number of hydrogen-bond donors (Lipinski definition) is 0. The first-order valence-electron chi connectivity index (χ1n) is 10.3.